The molecular weight excluding hydrogens is 482 g/mol. The third-order valence-electron chi connectivity index (χ3n) is 6.05. The second-order valence-electron chi connectivity index (χ2n) is 8.14. The van der Waals surface area contributed by atoms with Crippen LogP contribution < -0.4 is 19.1 Å². The molecule has 1 atom stereocenters. The number of aliphatic hydroxyl groups excluding tert-OH is 1. The van der Waals surface area contributed by atoms with Gasteiger partial charge in [-0.3, -0.25) is 19.5 Å². The van der Waals surface area contributed by atoms with Crippen molar-refractivity contribution >= 4 is 44.1 Å². The van der Waals surface area contributed by atoms with Crippen LogP contribution >= 0.6 is 11.3 Å². The summed E-state index contributed by atoms with van der Waals surface area (Å²) in [7, 11) is 1.57. The average Bonchev–Trinajstić information content (AvgIpc) is 3.46. The van der Waals surface area contributed by atoms with E-state index < -0.39 is 17.7 Å². The molecule has 1 amide bonds. The molecule has 0 aliphatic carbocycles. The average molecular weight is 502 g/mol. The summed E-state index contributed by atoms with van der Waals surface area (Å²) in [5.74, 6) is -0.252. The number of carbonyl (C=O) groups is 2. The number of nitrogens with zero attached hydrogens (tertiary/aromatic N) is 3. The highest BCUT2D eigenvalue weighted by Crippen LogP contribution is 2.45. The molecule has 0 unspecified atom stereocenters. The Morgan fingerprint density at radius 2 is 1.94 bits per heavy atom. The van der Waals surface area contributed by atoms with E-state index in [1.807, 2.05) is 6.07 Å². The molecule has 4 heterocycles. The highest BCUT2D eigenvalue weighted by atomic mass is 32.1. The summed E-state index contributed by atoms with van der Waals surface area (Å²) in [4.78, 5) is 36.8. The quantitative estimate of drug-likeness (QED) is 0.253. The predicted octanol–water partition coefficient (Wildman–Crippen LogP) is 4.10. The number of aromatic nitrogens is 2. The lowest BCUT2D eigenvalue weighted by atomic mass is 9.96. The third-order valence-corrected chi connectivity index (χ3v) is 7.07. The van der Waals surface area contributed by atoms with Gasteiger partial charge in [-0.15, -0.1) is 0 Å². The molecule has 0 saturated carbocycles. The van der Waals surface area contributed by atoms with Crippen LogP contribution in [0.1, 0.15) is 17.2 Å². The third kappa shape index (κ3) is 3.54. The molecule has 10 heteroatoms. The van der Waals surface area contributed by atoms with E-state index in [1.165, 1.54) is 16.2 Å². The van der Waals surface area contributed by atoms with Crippen LogP contribution in [0.2, 0.25) is 0 Å². The molecule has 2 aromatic carbocycles. The number of benzene rings is 2. The minimum Gasteiger partial charge on any atom is -0.507 e. The van der Waals surface area contributed by atoms with Crippen LogP contribution in [0.4, 0.5) is 5.13 Å². The summed E-state index contributed by atoms with van der Waals surface area (Å²) in [6, 6.07) is 12.8. The number of amides is 1. The van der Waals surface area contributed by atoms with Crippen LogP contribution in [0, 0.1) is 0 Å². The van der Waals surface area contributed by atoms with E-state index in [0.717, 1.165) is 4.70 Å². The molecule has 180 valence electrons. The molecule has 0 spiro atoms. The van der Waals surface area contributed by atoms with Gasteiger partial charge >= 0.3 is 5.91 Å². The van der Waals surface area contributed by atoms with Crippen LogP contribution in [0.25, 0.3) is 16.0 Å². The maximum absolute atomic E-state index is 13.4. The SMILES string of the molecule is COc1ccc2nc(N3C(=O)C(=O)C(=C(O)c4ccc5c(c4)OCCO5)[C@@H]3c3cccnc3)sc2c1. The predicted molar refractivity (Wildman–Crippen MR) is 133 cm³/mol. The number of carbonyl (C=O) groups excluding carboxylic acids is 2. The number of hydrogen-bond acceptors (Lipinski definition) is 9. The van der Waals surface area contributed by atoms with Crippen LogP contribution in [0.5, 0.6) is 17.2 Å². The minimum atomic E-state index is -0.922. The number of aliphatic hydroxyl groups is 1. The van der Waals surface area contributed by atoms with Gasteiger partial charge in [0.05, 0.1) is 28.9 Å². The summed E-state index contributed by atoms with van der Waals surface area (Å²) in [6.45, 7) is 0.804. The number of hydrogen-bond donors (Lipinski definition) is 1. The molecule has 4 aromatic rings. The van der Waals surface area contributed by atoms with Crippen molar-refractivity contribution in [3.8, 4) is 17.2 Å². The van der Waals surface area contributed by atoms with E-state index in [1.54, 1.807) is 62.0 Å². The molecule has 9 nitrogen and oxygen atoms in total. The monoisotopic (exact) mass is 501 g/mol. The van der Waals surface area contributed by atoms with Crippen molar-refractivity contribution < 1.29 is 28.9 Å². The molecule has 0 radical (unpaired) electrons. The Morgan fingerprint density at radius 3 is 2.72 bits per heavy atom. The van der Waals surface area contributed by atoms with Crippen molar-refractivity contribution in [2.24, 2.45) is 0 Å². The van der Waals surface area contributed by atoms with E-state index in [2.05, 4.69) is 9.97 Å². The van der Waals surface area contributed by atoms with Gasteiger partial charge in [0.15, 0.2) is 16.6 Å². The van der Waals surface area contributed by atoms with Gasteiger partial charge in [-0.25, -0.2) is 4.98 Å². The summed E-state index contributed by atoms with van der Waals surface area (Å²) in [6.07, 6.45) is 3.16. The summed E-state index contributed by atoms with van der Waals surface area (Å²) >= 11 is 1.26. The van der Waals surface area contributed by atoms with Gasteiger partial charge in [0, 0.05) is 18.0 Å². The first-order chi connectivity index (χ1) is 17.5. The number of rotatable bonds is 4. The highest BCUT2D eigenvalue weighted by Gasteiger charge is 2.48. The lowest BCUT2D eigenvalue weighted by molar-refractivity contribution is -0.132. The van der Waals surface area contributed by atoms with Crippen molar-refractivity contribution in [2.45, 2.75) is 6.04 Å². The number of pyridine rings is 1. The van der Waals surface area contributed by atoms with Crippen molar-refractivity contribution in [1.82, 2.24) is 9.97 Å². The first-order valence-corrected chi connectivity index (χ1v) is 11.9. The molecule has 6 rings (SSSR count). The Bertz CT molecular complexity index is 1550. The zero-order valence-corrected chi connectivity index (χ0v) is 19.8. The number of thiazole rings is 1. The smallest absolute Gasteiger partial charge is 0.301 e. The Labute approximate surface area is 209 Å². The second-order valence-corrected chi connectivity index (χ2v) is 9.15. The van der Waals surface area contributed by atoms with Gasteiger partial charge in [0.1, 0.15) is 24.7 Å². The second kappa shape index (κ2) is 8.65. The van der Waals surface area contributed by atoms with Crippen molar-refractivity contribution in [3.05, 3.63) is 77.6 Å². The molecule has 2 aliphatic heterocycles. The van der Waals surface area contributed by atoms with Gasteiger partial charge in [0.25, 0.3) is 5.78 Å². The number of ketones is 1. The van der Waals surface area contributed by atoms with Crippen LogP contribution in [0.15, 0.2) is 66.5 Å². The van der Waals surface area contributed by atoms with E-state index in [9.17, 15) is 14.7 Å². The lowest BCUT2D eigenvalue weighted by Gasteiger charge is -2.23. The van der Waals surface area contributed by atoms with Gasteiger partial charge in [0.2, 0.25) is 0 Å². The number of ether oxygens (including phenoxy) is 3. The Hall–Kier alpha value is -4.44. The number of Topliss-reactive ketones (excluding diaryl/α,β-unsaturated/α-hetero) is 1. The van der Waals surface area contributed by atoms with Crippen LogP contribution in [0.3, 0.4) is 0 Å². The Kier molecular flexibility index (Phi) is 5.30. The largest absolute Gasteiger partial charge is 0.507 e. The van der Waals surface area contributed by atoms with Gasteiger partial charge in [-0.1, -0.05) is 17.4 Å². The summed E-state index contributed by atoms with van der Waals surface area (Å²) in [5.41, 5.74) is 1.50. The number of anilines is 1. The topological polar surface area (TPSA) is 111 Å². The van der Waals surface area contributed by atoms with Crippen LogP contribution in [-0.2, 0) is 9.59 Å². The molecule has 1 saturated heterocycles. The van der Waals surface area contributed by atoms with Gasteiger partial charge < -0.3 is 19.3 Å². The lowest BCUT2D eigenvalue weighted by Crippen LogP contribution is -2.29. The summed E-state index contributed by atoms with van der Waals surface area (Å²) < 4.78 is 17.3. The molecule has 1 N–H and O–H groups in total. The maximum Gasteiger partial charge on any atom is 0.301 e. The minimum absolute atomic E-state index is 0.0542. The molecule has 2 aliphatic rings. The van der Waals surface area contributed by atoms with E-state index in [0.29, 0.717) is 52.2 Å². The van der Waals surface area contributed by atoms with E-state index >= 15 is 0 Å². The van der Waals surface area contributed by atoms with Gasteiger partial charge in [-0.2, -0.15) is 0 Å². The van der Waals surface area contributed by atoms with E-state index in [4.69, 9.17) is 14.2 Å². The Balaban J connectivity index is 1.52. The molecule has 0 bridgehead atoms. The fourth-order valence-corrected chi connectivity index (χ4v) is 5.37. The molecule has 36 heavy (non-hydrogen) atoms. The number of methoxy groups -OCH3 is 1. The standard InChI is InChI=1S/C26H19N3O6S/c1-33-16-5-6-17-20(12-16)36-26(28-17)29-22(15-3-2-8-27-13-15)21(24(31)25(29)32)23(30)14-4-7-18-19(11-14)35-10-9-34-18/h2-8,11-13,22,30H,9-10H2,1H3/t22-/m0/s1. The van der Waals surface area contributed by atoms with E-state index in [-0.39, 0.29) is 11.3 Å². The summed E-state index contributed by atoms with van der Waals surface area (Å²) in [5, 5.41) is 11.7. The fraction of sp³-hybridized carbons (Fsp3) is 0.154. The maximum atomic E-state index is 13.4. The zero-order valence-electron chi connectivity index (χ0n) is 19.0. The highest BCUT2D eigenvalue weighted by molar-refractivity contribution is 7.22. The van der Waals surface area contributed by atoms with Crippen LogP contribution in [-0.4, -0.2) is 47.1 Å². The van der Waals surface area contributed by atoms with Crippen molar-refractivity contribution in [2.75, 3.05) is 25.2 Å². The zero-order chi connectivity index (χ0) is 24.8. The Morgan fingerprint density at radius 1 is 1.11 bits per heavy atom. The first kappa shape index (κ1) is 22.1. The van der Waals surface area contributed by atoms with Crippen molar-refractivity contribution in [3.63, 3.8) is 0 Å². The fourth-order valence-electron chi connectivity index (χ4n) is 4.35. The first-order valence-electron chi connectivity index (χ1n) is 11.1. The normalized spacial score (nSPS) is 18.6. The van der Waals surface area contributed by atoms with Gasteiger partial charge in [-0.05, 0) is 48.0 Å². The van der Waals surface area contributed by atoms with Crippen molar-refractivity contribution in [1.29, 1.82) is 0 Å². The molecular formula is C26H19N3O6S. The molecule has 1 fully saturated rings. The number of fused-ring (bicyclic) bond motifs is 2. The molecule has 2 aromatic heterocycles.